The van der Waals surface area contributed by atoms with Gasteiger partial charge >= 0.3 is 0 Å². The van der Waals surface area contributed by atoms with Crippen LogP contribution in [0.1, 0.15) is 51.4 Å². The van der Waals surface area contributed by atoms with Crippen LogP contribution in [0.2, 0.25) is 0 Å². The second-order valence-electron chi connectivity index (χ2n) is 4.76. The average Bonchev–Trinajstić information content (AvgIpc) is 2.47. The highest BCUT2D eigenvalue weighted by atomic mass is 14.9. The highest BCUT2D eigenvalue weighted by molar-refractivity contribution is 4.77. The number of piperidine rings is 1. The normalized spacial score (nSPS) is 28.6. The summed E-state index contributed by atoms with van der Waals surface area (Å²) in [6.45, 7) is 2.31. The first-order valence-corrected chi connectivity index (χ1v) is 6.10. The molecule has 0 spiro atoms. The Kier molecular flexibility index (Phi) is 3.65. The zero-order valence-corrected chi connectivity index (χ0v) is 8.67. The molecule has 0 aromatic rings. The van der Waals surface area contributed by atoms with Crippen molar-refractivity contribution in [3.8, 4) is 0 Å². The molecule has 75 valence electrons. The minimum Gasteiger partial charge on any atom is -0.242 e. The van der Waals surface area contributed by atoms with Crippen molar-refractivity contribution in [3.63, 3.8) is 0 Å². The lowest BCUT2D eigenvalue weighted by molar-refractivity contribution is 0.235. The van der Waals surface area contributed by atoms with Crippen LogP contribution in [0.3, 0.4) is 0 Å². The monoisotopic (exact) mass is 180 g/mol. The second kappa shape index (κ2) is 4.99. The first-order chi connectivity index (χ1) is 6.47. The van der Waals surface area contributed by atoms with E-state index in [0.29, 0.717) is 0 Å². The van der Waals surface area contributed by atoms with E-state index in [0.717, 1.165) is 24.9 Å². The van der Waals surface area contributed by atoms with Crippen molar-refractivity contribution in [3.05, 3.63) is 0 Å². The van der Waals surface area contributed by atoms with Crippen LogP contribution in [-0.4, -0.2) is 13.1 Å². The Morgan fingerprint density at radius 3 is 1.77 bits per heavy atom. The van der Waals surface area contributed by atoms with Gasteiger partial charge in [-0.15, -0.1) is 0 Å². The third-order valence-corrected chi connectivity index (χ3v) is 3.88. The van der Waals surface area contributed by atoms with E-state index in [9.17, 15) is 0 Å². The fourth-order valence-corrected chi connectivity index (χ4v) is 3.02. The Bertz CT molecular complexity index is 130. The van der Waals surface area contributed by atoms with Crippen molar-refractivity contribution < 1.29 is 0 Å². The van der Waals surface area contributed by atoms with Crippen molar-refractivity contribution in [2.75, 3.05) is 13.1 Å². The van der Waals surface area contributed by atoms with Gasteiger partial charge in [-0.1, -0.05) is 38.5 Å². The number of rotatable bonds is 1. The van der Waals surface area contributed by atoms with Crippen LogP contribution in [-0.2, 0) is 0 Å². The fourth-order valence-electron chi connectivity index (χ4n) is 3.02. The Morgan fingerprint density at radius 1 is 0.615 bits per heavy atom. The number of hydrogen-bond acceptors (Lipinski definition) is 0. The average molecular weight is 180 g/mol. The maximum Gasteiger partial charge on any atom is 0.0136 e. The van der Waals surface area contributed by atoms with Gasteiger partial charge in [-0.25, -0.2) is 5.32 Å². The Balaban J connectivity index is 1.82. The topological polar surface area (TPSA) is 14.1 Å². The molecule has 1 radical (unpaired) electrons. The Hall–Kier alpha value is -0.0400. The maximum absolute atomic E-state index is 4.45. The second-order valence-corrected chi connectivity index (χ2v) is 4.76. The van der Waals surface area contributed by atoms with E-state index in [2.05, 4.69) is 5.32 Å². The first-order valence-electron chi connectivity index (χ1n) is 6.10. The van der Waals surface area contributed by atoms with Gasteiger partial charge in [0.05, 0.1) is 0 Å². The molecule has 2 rings (SSSR count). The zero-order valence-electron chi connectivity index (χ0n) is 8.67. The molecule has 0 bridgehead atoms. The molecule has 1 aliphatic heterocycles. The van der Waals surface area contributed by atoms with Crippen molar-refractivity contribution in [1.29, 1.82) is 0 Å². The third kappa shape index (κ3) is 2.70. The minimum absolute atomic E-state index is 1.04. The van der Waals surface area contributed by atoms with Crippen molar-refractivity contribution in [2.24, 2.45) is 11.8 Å². The van der Waals surface area contributed by atoms with Gasteiger partial charge in [-0.05, 0) is 24.7 Å². The minimum atomic E-state index is 1.04. The van der Waals surface area contributed by atoms with E-state index >= 15 is 0 Å². The van der Waals surface area contributed by atoms with Gasteiger partial charge in [0.25, 0.3) is 0 Å². The molecule has 2 fully saturated rings. The molecule has 0 atom stereocenters. The fraction of sp³-hybridized carbons (Fsp3) is 1.00. The van der Waals surface area contributed by atoms with Gasteiger partial charge < -0.3 is 0 Å². The van der Waals surface area contributed by atoms with Crippen molar-refractivity contribution >= 4 is 0 Å². The van der Waals surface area contributed by atoms with Gasteiger partial charge in [-0.2, -0.15) is 0 Å². The smallest absolute Gasteiger partial charge is 0.0136 e. The van der Waals surface area contributed by atoms with Gasteiger partial charge in [0.15, 0.2) is 0 Å². The van der Waals surface area contributed by atoms with Crippen LogP contribution in [0.4, 0.5) is 0 Å². The van der Waals surface area contributed by atoms with Gasteiger partial charge in [-0.3, -0.25) is 0 Å². The summed E-state index contributed by atoms with van der Waals surface area (Å²) < 4.78 is 0. The molecule has 2 aliphatic rings. The SMILES string of the molecule is C1CCCC(C2CC[N]CC2)CC1. The van der Waals surface area contributed by atoms with Crippen molar-refractivity contribution in [2.45, 2.75) is 51.4 Å². The molecule has 0 aromatic carbocycles. The zero-order chi connectivity index (χ0) is 8.93. The summed E-state index contributed by atoms with van der Waals surface area (Å²) >= 11 is 0. The summed E-state index contributed by atoms with van der Waals surface area (Å²) in [5.74, 6) is 2.11. The van der Waals surface area contributed by atoms with Crippen LogP contribution in [0.15, 0.2) is 0 Å². The van der Waals surface area contributed by atoms with E-state index in [1.807, 2.05) is 0 Å². The van der Waals surface area contributed by atoms with E-state index in [4.69, 9.17) is 0 Å². The molecule has 1 aliphatic carbocycles. The van der Waals surface area contributed by atoms with Gasteiger partial charge in [0.1, 0.15) is 0 Å². The largest absolute Gasteiger partial charge is 0.242 e. The van der Waals surface area contributed by atoms with Gasteiger partial charge in [0.2, 0.25) is 0 Å². The molecule has 1 heterocycles. The summed E-state index contributed by atoms with van der Waals surface area (Å²) in [6.07, 6.45) is 11.8. The molecule has 1 nitrogen and oxygen atoms in total. The van der Waals surface area contributed by atoms with E-state index in [-0.39, 0.29) is 0 Å². The summed E-state index contributed by atoms with van der Waals surface area (Å²) in [5.41, 5.74) is 0. The quantitative estimate of drug-likeness (QED) is 0.551. The predicted molar refractivity (Wildman–Crippen MR) is 55.8 cm³/mol. The van der Waals surface area contributed by atoms with Crippen LogP contribution in [0.25, 0.3) is 0 Å². The van der Waals surface area contributed by atoms with E-state index in [1.54, 1.807) is 0 Å². The van der Waals surface area contributed by atoms with Crippen LogP contribution in [0.5, 0.6) is 0 Å². The predicted octanol–water partition coefficient (Wildman–Crippen LogP) is 2.97. The Morgan fingerprint density at radius 2 is 1.15 bits per heavy atom. The molecule has 13 heavy (non-hydrogen) atoms. The number of nitrogens with zero attached hydrogens (tertiary/aromatic N) is 1. The summed E-state index contributed by atoms with van der Waals surface area (Å²) in [6, 6.07) is 0. The lowest BCUT2D eigenvalue weighted by Gasteiger charge is -2.29. The standard InChI is InChI=1S/C12H22N/c1-2-4-6-11(5-3-1)12-7-9-13-10-8-12/h11-12H,1-10H2. The van der Waals surface area contributed by atoms with Crippen LogP contribution in [0, 0.1) is 11.8 Å². The Labute approximate surface area is 82.3 Å². The maximum atomic E-state index is 4.45. The number of hydrogen-bond donors (Lipinski definition) is 0. The highest BCUT2D eigenvalue weighted by Crippen LogP contribution is 2.33. The molecule has 0 aromatic heterocycles. The van der Waals surface area contributed by atoms with E-state index in [1.165, 1.54) is 51.4 Å². The van der Waals surface area contributed by atoms with Gasteiger partial charge in [0, 0.05) is 13.1 Å². The van der Waals surface area contributed by atoms with Crippen LogP contribution < -0.4 is 5.32 Å². The first kappa shape index (κ1) is 9.51. The molecule has 1 heteroatoms. The third-order valence-electron chi connectivity index (χ3n) is 3.88. The molecule has 0 unspecified atom stereocenters. The molecule has 1 saturated carbocycles. The molecule has 0 N–H and O–H groups in total. The molecular formula is C12H22N. The summed E-state index contributed by atoms with van der Waals surface area (Å²) in [5, 5.41) is 4.45. The molecule has 1 saturated heterocycles. The van der Waals surface area contributed by atoms with E-state index < -0.39 is 0 Å². The van der Waals surface area contributed by atoms with Crippen LogP contribution >= 0.6 is 0 Å². The highest BCUT2D eigenvalue weighted by Gasteiger charge is 2.24. The lowest BCUT2D eigenvalue weighted by atomic mass is 9.80. The van der Waals surface area contributed by atoms with Crippen molar-refractivity contribution in [1.82, 2.24) is 5.32 Å². The molecular weight excluding hydrogens is 158 g/mol. The molecule has 0 amide bonds. The summed E-state index contributed by atoms with van der Waals surface area (Å²) in [4.78, 5) is 0. The summed E-state index contributed by atoms with van der Waals surface area (Å²) in [7, 11) is 0. The lowest BCUT2D eigenvalue weighted by Crippen LogP contribution is -2.27.